The van der Waals surface area contributed by atoms with Crippen molar-refractivity contribution in [1.82, 2.24) is 0 Å². The van der Waals surface area contributed by atoms with E-state index in [1.807, 2.05) is 12.2 Å². The van der Waals surface area contributed by atoms with E-state index < -0.39 is 0 Å². The molecule has 0 saturated heterocycles. The second-order valence-electron chi connectivity index (χ2n) is 11.8. The number of allylic oxidation sites excluding steroid dienone is 5. The number of benzene rings is 4. The summed E-state index contributed by atoms with van der Waals surface area (Å²) in [4.78, 5) is 0. The van der Waals surface area contributed by atoms with Crippen LogP contribution >= 0.6 is 0 Å². The topological polar surface area (TPSA) is 12.0 Å². The monoisotopic (exact) mass is 533 g/mol. The molecule has 0 heterocycles. The van der Waals surface area contributed by atoms with E-state index in [2.05, 4.69) is 150 Å². The van der Waals surface area contributed by atoms with Gasteiger partial charge < -0.3 is 5.32 Å². The van der Waals surface area contributed by atoms with Crippen LogP contribution in [0.4, 0.5) is 5.69 Å². The predicted octanol–water partition coefficient (Wildman–Crippen LogP) is 10.9. The van der Waals surface area contributed by atoms with Crippen molar-refractivity contribution >= 4 is 11.3 Å². The largest absolute Gasteiger partial charge is 0.356 e. The van der Waals surface area contributed by atoms with Crippen molar-refractivity contribution in [1.29, 1.82) is 0 Å². The van der Waals surface area contributed by atoms with Crippen molar-refractivity contribution in [3.05, 3.63) is 169 Å². The summed E-state index contributed by atoms with van der Waals surface area (Å²) in [5, 5.41) is 3.22. The van der Waals surface area contributed by atoms with Crippen LogP contribution in [0.2, 0.25) is 0 Å². The molecule has 0 bridgehead atoms. The summed E-state index contributed by atoms with van der Waals surface area (Å²) in [6, 6.07) is 32.6. The van der Waals surface area contributed by atoms with E-state index in [4.69, 9.17) is 0 Å². The van der Waals surface area contributed by atoms with Gasteiger partial charge in [0, 0.05) is 22.2 Å². The van der Waals surface area contributed by atoms with Crippen LogP contribution in [0.3, 0.4) is 0 Å². The molecule has 1 heteroatoms. The Bertz CT molecular complexity index is 1710. The highest BCUT2D eigenvalue weighted by Crippen LogP contribution is 2.49. The van der Waals surface area contributed by atoms with E-state index in [1.165, 1.54) is 55.7 Å². The Kier molecular flexibility index (Phi) is 7.32. The molecule has 41 heavy (non-hydrogen) atoms. The van der Waals surface area contributed by atoms with E-state index in [-0.39, 0.29) is 10.8 Å². The molecule has 0 atom stereocenters. The molecule has 0 amide bonds. The molecule has 2 aliphatic rings. The van der Waals surface area contributed by atoms with Crippen molar-refractivity contribution in [3.8, 4) is 22.3 Å². The van der Waals surface area contributed by atoms with Gasteiger partial charge in [0.2, 0.25) is 0 Å². The number of anilines is 1. The fraction of sp³-hybridized carbons (Fsp3) is 0.150. The number of hydrogen-bond donors (Lipinski definition) is 1. The second-order valence-corrected chi connectivity index (χ2v) is 11.8. The van der Waals surface area contributed by atoms with Gasteiger partial charge in [-0.05, 0) is 79.9 Å². The van der Waals surface area contributed by atoms with Crippen molar-refractivity contribution < 1.29 is 0 Å². The van der Waals surface area contributed by atoms with Crippen LogP contribution in [-0.4, -0.2) is 0 Å². The summed E-state index contributed by atoms with van der Waals surface area (Å²) in [6.07, 6.45) is 5.61. The Morgan fingerprint density at radius 2 is 1.17 bits per heavy atom. The lowest BCUT2D eigenvalue weighted by Gasteiger charge is -2.22. The fourth-order valence-electron chi connectivity index (χ4n) is 6.34. The summed E-state index contributed by atoms with van der Waals surface area (Å²) < 4.78 is 0. The third-order valence-electron chi connectivity index (χ3n) is 8.62. The Morgan fingerprint density at radius 3 is 1.78 bits per heavy atom. The number of hydrogen-bond acceptors (Lipinski definition) is 1. The van der Waals surface area contributed by atoms with Gasteiger partial charge in [0.15, 0.2) is 0 Å². The molecule has 0 aromatic heterocycles. The van der Waals surface area contributed by atoms with Crippen LogP contribution < -0.4 is 5.32 Å². The van der Waals surface area contributed by atoms with Gasteiger partial charge in [0.25, 0.3) is 0 Å². The highest BCUT2D eigenvalue weighted by atomic mass is 14.9. The molecule has 1 nitrogen and oxygen atoms in total. The number of rotatable bonds is 6. The maximum absolute atomic E-state index is 3.91. The van der Waals surface area contributed by atoms with Gasteiger partial charge in [0.1, 0.15) is 0 Å². The van der Waals surface area contributed by atoms with Crippen molar-refractivity contribution in [2.24, 2.45) is 0 Å². The van der Waals surface area contributed by atoms with Crippen molar-refractivity contribution in [2.75, 3.05) is 5.32 Å². The highest BCUT2D eigenvalue weighted by Gasteiger charge is 2.35. The molecule has 6 rings (SSSR count). The lowest BCUT2D eigenvalue weighted by atomic mass is 9.81. The van der Waals surface area contributed by atoms with Gasteiger partial charge in [-0.25, -0.2) is 0 Å². The molecular weight excluding hydrogens is 494 g/mol. The maximum atomic E-state index is 3.91. The van der Waals surface area contributed by atoms with Crippen LogP contribution in [-0.2, 0) is 10.8 Å². The quantitative estimate of drug-likeness (QED) is 0.243. The van der Waals surface area contributed by atoms with Crippen molar-refractivity contribution in [2.45, 2.75) is 38.5 Å². The molecule has 1 N–H and O–H groups in total. The number of nitrogens with one attached hydrogen (secondary N) is 1. The average molecular weight is 534 g/mol. The molecule has 0 unspecified atom stereocenters. The Hall–Kier alpha value is -4.62. The number of fused-ring (bicyclic) bond motifs is 4. The molecule has 0 saturated carbocycles. The van der Waals surface area contributed by atoms with E-state index in [0.717, 1.165) is 11.4 Å². The molecule has 0 aliphatic heterocycles. The lowest BCUT2D eigenvalue weighted by molar-refractivity contribution is 0.654. The van der Waals surface area contributed by atoms with Crippen molar-refractivity contribution in [3.63, 3.8) is 0 Å². The zero-order valence-corrected chi connectivity index (χ0v) is 24.7. The van der Waals surface area contributed by atoms with Crippen LogP contribution in [0, 0.1) is 0 Å². The van der Waals surface area contributed by atoms with E-state index in [1.54, 1.807) is 6.08 Å². The first-order valence-corrected chi connectivity index (χ1v) is 14.2. The van der Waals surface area contributed by atoms with E-state index in [0.29, 0.717) is 0 Å². The van der Waals surface area contributed by atoms with Gasteiger partial charge >= 0.3 is 0 Å². The molecule has 204 valence electrons. The molecule has 4 aromatic carbocycles. The molecule has 0 fully saturated rings. The molecule has 4 aromatic rings. The zero-order chi connectivity index (χ0) is 29.4. The van der Waals surface area contributed by atoms with Crippen LogP contribution in [0.5, 0.6) is 0 Å². The molecular formula is C40H39N. The maximum Gasteiger partial charge on any atom is 0.0384 e. The lowest BCUT2D eigenvalue weighted by Crippen LogP contribution is -2.15. The van der Waals surface area contributed by atoms with Gasteiger partial charge in [-0.2, -0.15) is 0 Å². The minimum absolute atomic E-state index is 0.0329. The van der Waals surface area contributed by atoms with Crippen LogP contribution in [0.15, 0.2) is 147 Å². The summed E-state index contributed by atoms with van der Waals surface area (Å²) in [7, 11) is 0. The standard InChI is InChI=1S/C25H23N.C15H16/c1-5-17(2)26-20-13-10-18(11-14-20)19-12-15-22-21-8-6-7-9-23(21)25(3,4)24(22)16-19;1-5-11-12-9-7-8-10-14(12)15(3,4)13(11)6-2/h5-16,26H,1-2H2,3-4H3;5-10H,1-2H2,3-4H3. The first-order valence-electron chi connectivity index (χ1n) is 14.2. The first kappa shape index (κ1) is 27.9. The minimum atomic E-state index is 0.0329. The van der Waals surface area contributed by atoms with E-state index in [9.17, 15) is 0 Å². The zero-order valence-electron chi connectivity index (χ0n) is 24.7. The Balaban J connectivity index is 0.000000191. The van der Waals surface area contributed by atoms with Gasteiger partial charge in [-0.3, -0.25) is 0 Å². The van der Waals surface area contributed by atoms with Gasteiger partial charge in [-0.15, -0.1) is 0 Å². The molecule has 2 aliphatic carbocycles. The third-order valence-corrected chi connectivity index (χ3v) is 8.62. The summed E-state index contributed by atoms with van der Waals surface area (Å²) in [6.45, 7) is 24.5. The summed E-state index contributed by atoms with van der Waals surface area (Å²) in [5.74, 6) is 0. The minimum Gasteiger partial charge on any atom is -0.356 e. The third kappa shape index (κ3) is 4.83. The summed E-state index contributed by atoms with van der Waals surface area (Å²) in [5.41, 5.74) is 15.1. The average Bonchev–Trinajstić information content (AvgIpc) is 3.36. The first-order chi connectivity index (χ1) is 19.6. The van der Waals surface area contributed by atoms with Crippen LogP contribution in [0.25, 0.3) is 27.8 Å². The second kappa shape index (κ2) is 10.7. The molecule has 0 radical (unpaired) electrons. The Labute approximate surface area is 246 Å². The highest BCUT2D eigenvalue weighted by molar-refractivity contribution is 5.87. The smallest absolute Gasteiger partial charge is 0.0384 e. The van der Waals surface area contributed by atoms with Gasteiger partial charge in [-0.1, -0.05) is 139 Å². The fourth-order valence-corrected chi connectivity index (χ4v) is 6.34. The normalized spacial score (nSPS) is 15.0. The van der Waals surface area contributed by atoms with E-state index >= 15 is 0 Å². The molecule has 0 spiro atoms. The predicted molar refractivity (Wildman–Crippen MR) is 179 cm³/mol. The Morgan fingerprint density at radius 1 is 0.610 bits per heavy atom. The van der Waals surface area contributed by atoms with Crippen LogP contribution in [0.1, 0.15) is 49.9 Å². The SMILES string of the molecule is C=CC(=C)Nc1ccc(-c2ccc3c(c2)C(C)(C)c2ccccc2-3)cc1.C=CC1=C(C=C)C(C)(C)c2ccccc21. The summed E-state index contributed by atoms with van der Waals surface area (Å²) >= 11 is 0. The van der Waals surface area contributed by atoms with Gasteiger partial charge in [0.05, 0.1) is 0 Å².